The molecule has 0 bridgehead atoms. The lowest BCUT2D eigenvalue weighted by atomic mass is 10.2. The zero-order chi connectivity index (χ0) is 9.07. The summed E-state index contributed by atoms with van der Waals surface area (Å²) in [6, 6.07) is 0. The van der Waals surface area contributed by atoms with Gasteiger partial charge in [0.1, 0.15) is 13.2 Å². The predicted molar refractivity (Wildman–Crippen MR) is 50.8 cm³/mol. The predicted octanol–water partition coefficient (Wildman–Crippen LogP) is 2.87. The summed E-state index contributed by atoms with van der Waals surface area (Å²) in [5.41, 5.74) is 0. The van der Waals surface area contributed by atoms with E-state index >= 15 is 0 Å². The molecule has 70 valence electrons. The second kappa shape index (κ2) is 10.1. The molecule has 0 aliphatic heterocycles. The first kappa shape index (κ1) is 11.1. The quantitative estimate of drug-likeness (QED) is 0.412. The van der Waals surface area contributed by atoms with Gasteiger partial charge in [-0.25, -0.2) is 0 Å². The van der Waals surface area contributed by atoms with Gasteiger partial charge >= 0.3 is 0 Å². The van der Waals surface area contributed by atoms with Crippen molar-refractivity contribution < 1.29 is 9.47 Å². The van der Waals surface area contributed by atoms with Crippen molar-refractivity contribution in [1.29, 1.82) is 0 Å². The Hall–Kier alpha value is -0.920. The lowest BCUT2D eigenvalue weighted by Crippen LogP contribution is -1.95. The molecule has 0 radical (unpaired) electrons. The molecule has 0 heterocycles. The monoisotopic (exact) mass is 170 g/mol. The largest absolute Gasteiger partial charge is 0.498 e. The summed E-state index contributed by atoms with van der Waals surface area (Å²) < 4.78 is 10.00. The van der Waals surface area contributed by atoms with E-state index in [9.17, 15) is 0 Å². The average Bonchev–Trinajstić information content (AvgIpc) is 2.10. The molecule has 0 N–H and O–H groups in total. The van der Waals surface area contributed by atoms with Crippen molar-refractivity contribution in [1.82, 2.24) is 0 Å². The molecule has 0 fully saturated rings. The molecule has 0 aliphatic carbocycles. The van der Waals surface area contributed by atoms with Gasteiger partial charge in [0.2, 0.25) is 0 Å². The van der Waals surface area contributed by atoms with Gasteiger partial charge in [-0.3, -0.25) is 0 Å². The zero-order valence-corrected chi connectivity index (χ0v) is 7.79. The van der Waals surface area contributed by atoms with E-state index in [0.29, 0.717) is 13.2 Å². The van der Waals surface area contributed by atoms with Gasteiger partial charge in [0.15, 0.2) is 0 Å². The van der Waals surface area contributed by atoms with Gasteiger partial charge in [-0.05, 0) is 18.9 Å². The van der Waals surface area contributed by atoms with Crippen molar-refractivity contribution in [2.24, 2.45) is 0 Å². The van der Waals surface area contributed by atoms with Crippen LogP contribution < -0.4 is 0 Å². The normalized spacial score (nSPS) is 10.1. The molecule has 0 unspecified atom stereocenters. The van der Waals surface area contributed by atoms with Crippen LogP contribution in [0.5, 0.6) is 0 Å². The molecule has 0 spiro atoms. The summed E-state index contributed by atoms with van der Waals surface area (Å²) in [7, 11) is 0. The molecule has 2 heteroatoms. The van der Waals surface area contributed by atoms with Gasteiger partial charge in [0.05, 0.1) is 12.5 Å². The summed E-state index contributed by atoms with van der Waals surface area (Å²) in [6.07, 6.45) is 8.75. The van der Waals surface area contributed by atoms with Crippen molar-refractivity contribution in [3.8, 4) is 0 Å². The smallest absolute Gasteiger partial charge is 0.121 e. The van der Waals surface area contributed by atoms with Crippen LogP contribution in [0, 0.1) is 0 Å². The summed E-state index contributed by atoms with van der Waals surface area (Å²) in [4.78, 5) is 0. The minimum Gasteiger partial charge on any atom is -0.498 e. The molecule has 0 saturated carbocycles. The van der Waals surface area contributed by atoms with E-state index in [1.807, 2.05) is 6.08 Å². The Morgan fingerprint density at radius 2 is 2.00 bits per heavy atom. The molecule has 0 saturated heterocycles. The molecule has 12 heavy (non-hydrogen) atoms. The Bertz CT molecular complexity index is 119. The number of hydrogen-bond acceptors (Lipinski definition) is 2. The van der Waals surface area contributed by atoms with Crippen molar-refractivity contribution >= 4 is 0 Å². The third-order valence-electron chi connectivity index (χ3n) is 1.35. The Balaban J connectivity index is 2.97. The van der Waals surface area contributed by atoms with Crippen LogP contribution in [0.2, 0.25) is 0 Å². The van der Waals surface area contributed by atoms with E-state index in [-0.39, 0.29) is 0 Å². The minimum atomic E-state index is 0.571. The van der Waals surface area contributed by atoms with Crippen molar-refractivity contribution in [2.45, 2.75) is 26.2 Å². The fourth-order valence-electron chi connectivity index (χ4n) is 0.706. The van der Waals surface area contributed by atoms with Gasteiger partial charge in [-0.1, -0.05) is 19.9 Å². The van der Waals surface area contributed by atoms with E-state index in [1.54, 1.807) is 6.26 Å². The summed E-state index contributed by atoms with van der Waals surface area (Å²) >= 11 is 0. The van der Waals surface area contributed by atoms with Crippen LogP contribution in [0.1, 0.15) is 26.2 Å². The lowest BCUT2D eigenvalue weighted by molar-refractivity contribution is 0.150. The molecular weight excluding hydrogens is 152 g/mol. The molecular formula is C10H18O2. The number of unbranched alkanes of at least 4 members (excludes halogenated alkanes) is 2. The molecule has 0 aromatic carbocycles. The minimum absolute atomic E-state index is 0.571. The molecule has 0 atom stereocenters. The van der Waals surface area contributed by atoms with E-state index in [2.05, 4.69) is 13.5 Å². The third kappa shape index (κ3) is 9.08. The number of allylic oxidation sites excluding steroid dienone is 1. The van der Waals surface area contributed by atoms with Crippen LogP contribution in [0.25, 0.3) is 0 Å². The van der Waals surface area contributed by atoms with Crippen molar-refractivity contribution in [2.75, 3.05) is 13.2 Å². The molecule has 0 aromatic heterocycles. The van der Waals surface area contributed by atoms with Gasteiger partial charge < -0.3 is 9.47 Å². The lowest BCUT2D eigenvalue weighted by Gasteiger charge is -1.99. The number of hydrogen-bond donors (Lipinski definition) is 0. The molecule has 2 nitrogen and oxygen atoms in total. The second-order valence-electron chi connectivity index (χ2n) is 2.42. The first-order valence-electron chi connectivity index (χ1n) is 4.41. The Labute approximate surface area is 74.9 Å². The van der Waals surface area contributed by atoms with Crippen LogP contribution >= 0.6 is 0 Å². The molecule has 0 aromatic rings. The third-order valence-corrected chi connectivity index (χ3v) is 1.35. The molecule has 0 amide bonds. The first-order valence-corrected chi connectivity index (χ1v) is 4.41. The summed E-state index contributed by atoms with van der Waals surface area (Å²) in [6.45, 7) is 6.76. The standard InChI is InChI=1S/C10H18O2/c1-3-5-6-7-8-12-10-9-11-4-2/h4,7-8H,2-3,5-6,9-10H2,1H3. The van der Waals surface area contributed by atoms with Crippen LogP contribution in [-0.2, 0) is 9.47 Å². The second-order valence-corrected chi connectivity index (χ2v) is 2.42. The highest BCUT2D eigenvalue weighted by Crippen LogP contribution is 1.94. The van der Waals surface area contributed by atoms with Crippen LogP contribution in [0.15, 0.2) is 25.2 Å². The van der Waals surface area contributed by atoms with E-state index in [4.69, 9.17) is 9.47 Å². The average molecular weight is 170 g/mol. The highest BCUT2D eigenvalue weighted by molar-refractivity contribution is 4.72. The Kier molecular flexibility index (Phi) is 9.31. The maximum absolute atomic E-state index is 5.13. The van der Waals surface area contributed by atoms with E-state index < -0.39 is 0 Å². The van der Waals surface area contributed by atoms with Crippen molar-refractivity contribution in [3.05, 3.63) is 25.2 Å². The van der Waals surface area contributed by atoms with Gasteiger partial charge in [-0.2, -0.15) is 0 Å². The Morgan fingerprint density at radius 3 is 2.67 bits per heavy atom. The molecule has 0 aliphatic rings. The van der Waals surface area contributed by atoms with Gasteiger partial charge in [0.25, 0.3) is 0 Å². The van der Waals surface area contributed by atoms with Gasteiger partial charge in [-0.15, -0.1) is 0 Å². The fourth-order valence-corrected chi connectivity index (χ4v) is 0.706. The molecule has 0 rings (SSSR count). The zero-order valence-electron chi connectivity index (χ0n) is 7.79. The maximum atomic E-state index is 5.13. The number of ether oxygens (including phenoxy) is 2. The Morgan fingerprint density at radius 1 is 1.25 bits per heavy atom. The van der Waals surface area contributed by atoms with E-state index in [1.165, 1.54) is 19.1 Å². The number of rotatable bonds is 8. The van der Waals surface area contributed by atoms with Crippen LogP contribution in [0.3, 0.4) is 0 Å². The topological polar surface area (TPSA) is 18.5 Å². The highest BCUT2D eigenvalue weighted by atomic mass is 16.5. The summed E-state index contributed by atoms with van der Waals surface area (Å²) in [5.74, 6) is 0. The van der Waals surface area contributed by atoms with Crippen LogP contribution in [-0.4, -0.2) is 13.2 Å². The van der Waals surface area contributed by atoms with Crippen LogP contribution in [0.4, 0.5) is 0 Å². The summed E-state index contributed by atoms with van der Waals surface area (Å²) in [5, 5.41) is 0. The van der Waals surface area contributed by atoms with E-state index in [0.717, 1.165) is 6.42 Å². The first-order chi connectivity index (χ1) is 5.91. The maximum Gasteiger partial charge on any atom is 0.121 e. The van der Waals surface area contributed by atoms with Crippen molar-refractivity contribution in [3.63, 3.8) is 0 Å². The van der Waals surface area contributed by atoms with Gasteiger partial charge in [0, 0.05) is 0 Å². The highest BCUT2D eigenvalue weighted by Gasteiger charge is 1.81. The fraction of sp³-hybridized carbons (Fsp3) is 0.600. The SMILES string of the molecule is C=COCCOC=CCCCC.